The zero-order valence-corrected chi connectivity index (χ0v) is 11.2. The number of rotatable bonds is 5. The zero-order chi connectivity index (χ0) is 12.7. The summed E-state index contributed by atoms with van der Waals surface area (Å²) in [6, 6.07) is 3.41. The van der Waals surface area contributed by atoms with Gasteiger partial charge in [0.05, 0.1) is 0 Å². The van der Waals surface area contributed by atoms with Gasteiger partial charge in [-0.05, 0) is 18.6 Å². The van der Waals surface area contributed by atoms with Crippen molar-refractivity contribution in [3.05, 3.63) is 23.9 Å². The second kappa shape index (κ2) is 7.13. The predicted molar refractivity (Wildman–Crippen MR) is 71.6 cm³/mol. The van der Waals surface area contributed by atoms with Crippen molar-refractivity contribution in [1.29, 1.82) is 0 Å². The van der Waals surface area contributed by atoms with Crippen molar-refractivity contribution in [3.8, 4) is 0 Å². The van der Waals surface area contributed by atoms with Crippen molar-refractivity contribution in [2.75, 3.05) is 18.4 Å². The maximum Gasteiger partial charge on any atom is 0.331 e. The van der Waals surface area contributed by atoms with Gasteiger partial charge in [-0.3, -0.25) is 10.0 Å². The Morgan fingerprint density at radius 2 is 2.12 bits per heavy atom. The Morgan fingerprint density at radius 3 is 2.65 bits per heavy atom. The Labute approximate surface area is 106 Å². The molecule has 1 heterocycles. The molecule has 0 aliphatic rings. The van der Waals surface area contributed by atoms with Gasteiger partial charge >= 0.3 is 6.03 Å². The second-order valence-corrected chi connectivity index (χ2v) is 4.39. The van der Waals surface area contributed by atoms with Gasteiger partial charge in [0, 0.05) is 31.4 Å². The number of pyridine rings is 1. The van der Waals surface area contributed by atoms with Gasteiger partial charge in [-0.15, -0.1) is 0 Å². The van der Waals surface area contributed by atoms with Crippen molar-refractivity contribution in [2.45, 2.75) is 20.8 Å². The first-order valence-electron chi connectivity index (χ1n) is 5.57. The SMILES string of the molecule is CCN(CC)SNC(=O)Nc1ccc(C)cn1. The molecule has 0 saturated heterocycles. The molecule has 0 saturated carbocycles. The molecule has 1 rings (SSSR count). The van der Waals surface area contributed by atoms with Crippen LogP contribution in [0.2, 0.25) is 0 Å². The van der Waals surface area contributed by atoms with E-state index in [2.05, 4.69) is 15.0 Å². The van der Waals surface area contributed by atoms with E-state index in [0.29, 0.717) is 5.82 Å². The molecular formula is C11H18N4OS. The van der Waals surface area contributed by atoms with Gasteiger partial charge in [0.15, 0.2) is 0 Å². The molecule has 0 bridgehead atoms. The zero-order valence-electron chi connectivity index (χ0n) is 10.4. The lowest BCUT2D eigenvalue weighted by molar-refractivity contribution is 0.257. The van der Waals surface area contributed by atoms with Crippen LogP contribution in [0.15, 0.2) is 18.3 Å². The molecule has 0 aromatic carbocycles. The first kappa shape index (κ1) is 13.8. The van der Waals surface area contributed by atoms with Crippen molar-refractivity contribution in [2.24, 2.45) is 0 Å². The van der Waals surface area contributed by atoms with Crippen LogP contribution in [-0.4, -0.2) is 28.4 Å². The maximum absolute atomic E-state index is 11.5. The van der Waals surface area contributed by atoms with Crippen LogP contribution in [0.1, 0.15) is 19.4 Å². The summed E-state index contributed by atoms with van der Waals surface area (Å²) in [6.45, 7) is 7.79. The molecule has 0 aliphatic carbocycles. The normalized spacial score (nSPS) is 10.4. The summed E-state index contributed by atoms with van der Waals surface area (Å²) < 4.78 is 4.73. The van der Waals surface area contributed by atoms with Gasteiger partial charge in [0.25, 0.3) is 0 Å². The van der Waals surface area contributed by atoms with Crippen LogP contribution in [-0.2, 0) is 0 Å². The Morgan fingerprint density at radius 1 is 1.41 bits per heavy atom. The molecule has 17 heavy (non-hydrogen) atoms. The number of nitrogens with one attached hydrogen (secondary N) is 2. The number of anilines is 1. The minimum Gasteiger partial charge on any atom is -0.292 e. The molecule has 0 aliphatic heterocycles. The highest BCUT2D eigenvalue weighted by atomic mass is 32.2. The number of aryl methyl sites for hydroxylation is 1. The summed E-state index contributed by atoms with van der Waals surface area (Å²) in [5, 5.41) is 2.66. The number of nitrogens with zero attached hydrogens (tertiary/aromatic N) is 2. The van der Waals surface area contributed by atoms with Crippen molar-refractivity contribution < 1.29 is 4.79 Å². The van der Waals surface area contributed by atoms with E-state index in [1.165, 1.54) is 12.1 Å². The molecule has 6 heteroatoms. The molecular weight excluding hydrogens is 236 g/mol. The van der Waals surface area contributed by atoms with E-state index in [1.54, 1.807) is 12.3 Å². The fourth-order valence-electron chi connectivity index (χ4n) is 1.14. The third-order valence-corrected chi connectivity index (χ3v) is 3.18. The van der Waals surface area contributed by atoms with Crippen molar-refractivity contribution in [1.82, 2.24) is 14.0 Å². The molecule has 2 N–H and O–H groups in total. The lowest BCUT2D eigenvalue weighted by Gasteiger charge is -2.16. The van der Waals surface area contributed by atoms with Crippen LogP contribution in [0.3, 0.4) is 0 Å². The number of carbonyl (C=O) groups excluding carboxylic acids is 1. The van der Waals surface area contributed by atoms with Crippen LogP contribution in [0.4, 0.5) is 10.6 Å². The predicted octanol–water partition coefficient (Wildman–Crippen LogP) is 2.42. The summed E-state index contributed by atoms with van der Waals surface area (Å²) in [4.78, 5) is 15.6. The van der Waals surface area contributed by atoms with Crippen LogP contribution < -0.4 is 10.0 Å². The van der Waals surface area contributed by atoms with Gasteiger partial charge in [0.1, 0.15) is 5.82 Å². The molecule has 0 unspecified atom stereocenters. The number of hydrogen-bond donors (Lipinski definition) is 2. The highest BCUT2D eigenvalue weighted by Gasteiger charge is 2.05. The second-order valence-electron chi connectivity index (χ2n) is 3.48. The molecule has 0 atom stereocenters. The lowest BCUT2D eigenvalue weighted by Crippen LogP contribution is -2.28. The van der Waals surface area contributed by atoms with E-state index in [0.717, 1.165) is 18.7 Å². The highest BCUT2D eigenvalue weighted by molar-refractivity contribution is 7.95. The Kier molecular flexibility index (Phi) is 5.79. The van der Waals surface area contributed by atoms with E-state index in [9.17, 15) is 4.79 Å². The van der Waals surface area contributed by atoms with Gasteiger partial charge in [-0.25, -0.2) is 14.1 Å². The van der Waals surface area contributed by atoms with Crippen molar-refractivity contribution >= 4 is 24.0 Å². The summed E-state index contributed by atoms with van der Waals surface area (Å²) in [5.74, 6) is 0.549. The van der Waals surface area contributed by atoms with Crippen LogP contribution >= 0.6 is 12.1 Å². The maximum atomic E-state index is 11.5. The number of amides is 2. The topological polar surface area (TPSA) is 57.3 Å². The number of aromatic nitrogens is 1. The molecule has 0 spiro atoms. The van der Waals surface area contributed by atoms with Crippen molar-refractivity contribution in [3.63, 3.8) is 0 Å². The highest BCUT2D eigenvalue weighted by Crippen LogP contribution is 2.06. The number of carbonyl (C=O) groups is 1. The monoisotopic (exact) mass is 254 g/mol. The fourth-order valence-corrected chi connectivity index (χ4v) is 1.66. The summed E-state index contributed by atoms with van der Waals surface area (Å²) in [6.07, 6.45) is 1.72. The number of urea groups is 1. The summed E-state index contributed by atoms with van der Waals surface area (Å²) >= 11 is 1.30. The Hall–Kier alpha value is -1.27. The van der Waals surface area contributed by atoms with E-state index in [1.807, 2.05) is 31.1 Å². The van der Waals surface area contributed by atoms with E-state index in [4.69, 9.17) is 0 Å². The standard InChI is InChI=1S/C11H18N4OS/c1-4-15(5-2)17-14-11(16)13-10-7-6-9(3)8-12-10/h6-8H,4-5H2,1-3H3,(H2,12,13,14,16). The van der Waals surface area contributed by atoms with Crippen LogP contribution in [0, 0.1) is 6.92 Å². The molecule has 5 nitrogen and oxygen atoms in total. The third-order valence-electron chi connectivity index (χ3n) is 2.13. The van der Waals surface area contributed by atoms with Crippen LogP contribution in [0.25, 0.3) is 0 Å². The van der Waals surface area contributed by atoms with Gasteiger partial charge < -0.3 is 0 Å². The lowest BCUT2D eigenvalue weighted by atomic mass is 10.3. The molecule has 0 radical (unpaired) electrons. The summed E-state index contributed by atoms with van der Waals surface area (Å²) in [7, 11) is 0. The molecule has 2 amide bonds. The molecule has 0 fully saturated rings. The third kappa shape index (κ3) is 5.06. The molecule has 1 aromatic heterocycles. The average molecular weight is 254 g/mol. The van der Waals surface area contributed by atoms with E-state index in [-0.39, 0.29) is 6.03 Å². The van der Waals surface area contributed by atoms with E-state index >= 15 is 0 Å². The molecule has 94 valence electrons. The van der Waals surface area contributed by atoms with Gasteiger partial charge in [0.2, 0.25) is 0 Å². The Bertz CT molecular complexity index is 351. The van der Waals surface area contributed by atoms with Crippen LogP contribution in [0.5, 0.6) is 0 Å². The van der Waals surface area contributed by atoms with Gasteiger partial charge in [-0.2, -0.15) is 0 Å². The first-order chi connectivity index (χ1) is 8.15. The average Bonchev–Trinajstić information content (AvgIpc) is 2.33. The van der Waals surface area contributed by atoms with E-state index < -0.39 is 0 Å². The summed E-state index contributed by atoms with van der Waals surface area (Å²) in [5.41, 5.74) is 1.06. The minimum absolute atomic E-state index is 0.266. The smallest absolute Gasteiger partial charge is 0.292 e. The quantitative estimate of drug-likeness (QED) is 0.792. The first-order valence-corrected chi connectivity index (χ1v) is 6.34. The minimum atomic E-state index is -0.266. The fraction of sp³-hybridized carbons (Fsp3) is 0.455. The number of hydrogen-bond acceptors (Lipinski definition) is 4. The molecule has 1 aromatic rings. The van der Waals surface area contributed by atoms with Gasteiger partial charge in [-0.1, -0.05) is 19.9 Å². The Balaban J connectivity index is 2.37. The largest absolute Gasteiger partial charge is 0.331 e.